The van der Waals surface area contributed by atoms with Crippen molar-refractivity contribution in [1.29, 1.82) is 0 Å². The molecule has 3 N–H and O–H groups in total. The van der Waals surface area contributed by atoms with E-state index in [-0.39, 0.29) is 18.2 Å². The maximum Gasteiger partial charge on any atom is 0.329 e. The van der Waals surface area contributed by atoms with E-state index >= 15 is 0 Å². The van der Waals surface area contributed by atoms with Crippen LogP contribution in [-0.4, -0.2) is 28.4 Å². The van der Waals surface area contributed by atoms with Gasteiger partial charge in [0, 0.05) is 6.92 Å². The molecule has 0 bridgehead atoms. The highest BCUT2D eigenvalue weighted by Gasteiger charge is 2.42. The second kappa shape index (κ2) is 8.14. The average Bonchev–Trinajstić information content (AvgIpc) is 2.56. The highest BCUT2D eigenvalue weighted by molar-refractivity contribution is 5.87. The first-order valence-corrected chi connectivity index (χ1v) is 8.69. The predicted octanol–water partition coefficient (Wildman–Crippen LogP) is 2.40. The van der Waals surface area contributed by atoms with Crippen LogP contribution in [0, 0.1) is 5.92 Å². The van der Waals surface area contributed by atoms with Crippen LogP contribution in [0.4, 0.5) is 0 Å². The monoisotopic (exact) mass is 346 g/mol. The summed E-state index contributed by atoms with van der Waals surface area (Å²) >= 11 is 0. The van der Waals surface area contributed by atoms with Crippen molar-refractivity contribution in [2.45, 2.75) is 57.5 Å². The Morgan fingerprint density at radius 3 is 2.32 bits per heavy atom. The van der Waals surface area contributed by atoms with E-state index in [0.29, 0.717) is 18.8 Å². The van der Waals surface area contributed by atoms with E-state index in [1.165, 1.54) is 6.92 Å². The standard InChI is InChI=1S/C19H26N2O4/c1-13-8-10-19(11-9-13,18(24)25)21-17(23)12-16(20-14(2)22)15-6-4-3-5-7-15/h3-7,13,16H,8-12H2,1-2H3,(H,20,22)(H,21,23)(H,24,25). The molecule has 136 valence electrons. The highest BCUT2D eigenvalue weighted by atomic mass is 16.4. The molecule has 1 aliphatic carbocycles. The van der Waals surface area contributed by atoms with Crippen molar-refractivity contribution in [2.24, 2.45) is 5.92 Å². The molecule has 0 aromatic heterocycles. The van der Waals surface area contributed by atoms with Gasteiger partial charge in [-0.05, 0) is 37.2 Å². The van der Waals surface area contributed by atoms with Crippen LogP contribution in [0.25, 0.3) is 0 Å². The maximum atomic E-state index is 12.5. The van der Waals surface area contributed by atoms with E-state index < -0.39 is 17.6 Å². The Kier molecular flexibility index (Phi) is 6.17. The minimum absolute atomic E-state index is 0.00811. The van der Waals surface area contributed by atoms with Crippen molar-refractivity contribution in [3.63, 3.8) is 0 Å². The fourth-order valence-electron chi connectivity index (χ4n) is 3.33. The van der Waals surface area contributed by atoms with E-state index in [1.807, 2.05) is 30.3 Å². The summed E-state index contributed by atoms with van der Waals surface area (Å²) in [6.07, 6.45) is 2.44. The number of amides is 2. The van der Waals surface area contributed by atoms with Gasteiger partial charge in [0.1, 0.15) is 5.54 Å². The fourth-order valence-corrected chi connectivity index (χ4v) is 3.33. The molecule has 1 atom stereocenters. The lowest BCUT2D eigenvalue weighted by Crippen LogP contribution is -2.56. The van der Waals surface area contributed by atoms with Gasteiger partial charge in [-0.1, -0.05) is 37.3 Å². The van der Waals surface area contributed by atoms with Crippen LogP contribution in [0.2, 0.25) is 0 Å². The third-order valence-corrected chi connectivity index (χ3v) is 4.88. The van der Waals surface area contributed by atoms with Crippen LogP contribution in [0.5, 0.6) is 0 Å². The Morgan fingerprint density at radius 1 is 1.20 bits per heavy atom. The Balaban J connectivity index is 2.09. The lowest BCUT2D eigenvalue weighted by atomic mass is 9.77. The summed E-state index contributed by atoms with van der Waals surface area (Å²) in [5.41, 5.74) is -0.379. The zero-order valence-electron chi connectivity index (χ0n) is 14.7. The maximum absolute atomic E-state index is 12.5. The molecule has 1 fully saturated rings. The number of carboxylic acids is 1. The first-order chi connectivity index (χ1) is 11.8. The molecule has 1 aliphatic rings. The molecule has 0 heterocycles. The summed E-state index contributed by atoms with van der Waals surface area (Å²) in [6.45, 7) is 3.49. The van der Waals surface area contributed by atoms with Gasteiger partial charge < -0.3 is 15.7 Å². The molecule has 0 radical (unpaired) electrons. The van der Waals surface area contributed by atoms with E-state index in [9.17, 15) is 19.5 Å². The highest BCUT2D eigenvalue weighted by Crippen LogP contribution is 2.32. The lowest BCUT2D eigenvalue weighted by molar-refractivity contribution is -0.149. The first kappa shape index (κ1) is 19.0. The zero-order chi connectivity index (χ0) is 18.4. The van der Waals surface area contributed by atoms with Gasteiger partial charge in [0.05, 0.1) is 12.5 Å². The average molecular weight is 346 g/mol. The second-order valence-electron chi connectivity index (χ2n) is 6.99. The molecular formula is C19H26N2O4. The van der Waals surface area contributed by atoms with Gasteiger partial charge in [-0.2, -0.15) is 0 Å². The molecule has 1 aromatic carbocycles. The van der Waals surface area contributed by atoms with Crippen LogP contribution < -0.4 is 10.6 Å². The number of nitrogens with one attached hydrogen (secondary N) is 2. The topological polar surface area (TPSA) is 95.5 Å². The molecule has 1 aromatic rings. The number of carbonyl (C=O) groups excluding carboxylic acids is 2. The molecule has 0 spiro atoms. The minimum Gasteiger partial charge on any atom is -0.480 e. The summed E-state index contributed by atoms with van der Waals surface area (Å²) in [6, 6.07) is 8.72. The van der Waals surface area contributed by atoms with Gasteiger partial charge in [0.15, 0.2) is 0 Å². The molecule has 0 saturated heterocycles. The van der Waals surface area contributed by atoms with E-state index in [4.69, 9.17) is 0 Å². The molecule has 6 nitrogen and oxygen atoms in total. The van der Waals surface area contributed by atoms with Gasteiger partial charge >= 0.3 is 5.97 Å². The number of carbonyl (C=O) groups is 3. The Morgan fingerprint density at radius 2 is 1.80 bits per heavy atom. The third kappa shape index (κ3) is 5.05. The number of aliphatic carboxylic acids is 1. The minimum atomic E-state index is -1.19. The van der Waals surface area contributed by atoms with Crippen molar-refractivity contribution in [3.05, 3.63) is 35.9 Å². The van der Waals surface area contributed by atoms with E-state index in [2.05, 4.69) is 17.6 Å². The molecule has 25 heavy (non-hydrogen) atoms. The van der Waals surface area contributed by atoms with Crippen LogP contribution in [0.3, 0.4) is 0 Å². The van der Waals surface area contributed by atoms with Gasteiger partial charge in [0.2, 0.25) is 11.8 Å². The molecule has 1 unspecified atom stereocenters. The number of hydrogen-bond donors (Lipinski definition) is 3. The van der Waals surface area contributed by atoms with Gasteiger partial charge in [-0.15, -0.1) is 0 Å². The molecule has 6 heteroatoms. The molecule has 2 rings (SSSR count). The molecule has 1 saturated carbocycles. The summed E-state index contributed by atoms with van der Waals surface area (Å²) in [5, 5.41) is 15.1. The van der Waals surface area contributed by atoms with Crippen LogP contribution >= 0.6 is 0 Å². The summed E-state index contributed by atoms with van der Waals surface area (Å²) in [7, 11) is 0. The summed E-state index contributed by atoms with van der Waals surface area (Å²) < 4.78 is 0. The largest absolute Gasteiger partial charge is 0.480 e. The quantitative estimate of drug-likeness (QED) is 0.737. The van der Waals surface area contributed by atoms with Crippen molar-refractivity contribution < 1.29 is 19.5 Å². The van der Waals surface area contributed by atoms with Crippen LogP contribution in [-0.2, 0) is 14.4 Å². The Bertz CT molecular complexity index is 622. The SMILES string of the molecule is CC(=O)NC(CC(=O)NC1(C(=O)O)CCC(C)CC1)c1ccccc1. The second-order valence-corrected chi connectivity index (χ2v) is 6.99. The molecule has 2 amide bonds. The predicted molar refractivity (Wildman–Crippen MR) is 93.8 cm³/mol. The lowest BCUT2D eigenvalue weighted by Gasteiger charge is -2.36. The van der Waals surface area contributed by atoms with E-state index in [0.717, 1.165) is 18.4 Å². The fraction of sp³-hybridized carbons (Fsp3) is 0.526. The normalized spacial score (nSPS) is 24.2. The van der Waals surface area contributed by atoms with Crippen molar-refractivity contribution in [2.75, 3.05) is 0 Å². The number of carboxylic acid groups (broad SMARTS) is 1. The molecular weight excluding hydrogens is 320 g/mol. The number of rotatable bonds is 6. The van der Waals surface area contributed by atoms with Gasteiger partial charge in [-0.3, -0.25) is 9.59 Å². The summed E-state index contributed by atoms with van der Waals surface area (Å²) in [4.78, 5) is 35.8. The van der Waals surface area contributed by atoms with Crippen molar-refractivity contribution in [3.8, 4) is 0 Å². The number of benzene rings is 1. The Labute approximate surface area is 148 Å². The van der Waals surface area contributed by atoms with Gasteiger partial charge in [0.25, 0.3) is 0 Å². The number of hydrogen-bond acceptors (Lipinski definition) is 3. The Hall–Kier alpha value is -2.37. The van der Waals surface area contributed by atoms with Crippen LogP contribution in [0.15, 0.2) is 30.3 Å². The first-order valence-electron chi connectivity index (χ1n) is 8.69. The summed E-state index contributed by atoms with van der Waals surface area (Å²) in [5.74, 6) is -1.11. The van der Waals surface area contributed by atoms with Crippen LogP contribution in [0.1, 0.15) is 57.6 Å². The smallest absolute Gasteiger partial charge is 0.329 e. The van der Waals surface area contributed by atoms with E-state index in [1.54, 1.807) is 0 Å². The van der Waals surface area contributed by atoms with Crippen molar-refractivity contribution in [1.82, 2.24) is 10.6 Å². The van der Waals surface area contributed by atoms with Gasteiger partial charge in [-0.25, -0.2) is 4.79 Å². The molecule has 0 aliphatic heterocycles. The zero-order valence-corrected chi connectivity index (χ0v) is 14.7. The third-order valence-electron chi connectivity index (χ3n) is 4.88. The van der Waals surface area contributed by atoms with Crippen molar-refractivity contribution >= 4 is 17.8 Å².